The molecule has 0 bridgehead atoms. The lowest BCUT2D eigenvalue weighted by molar-refractivity contribution is 0.0774. The van der Waals surface area contributed by atoms with E-state index in [0.29, 0.717) is 11.3 Å². The molecule has 0 atom stereocenters. The number of carbonyl (C=O) groups is 1. The molecule has 1 amide bonds. The molecule has 1 heterocycles. The Morgan fingerprint density at radius 3 is 2.52 bits per heavy atom. The first-order valence-electron chi connectivity index (χ1n) is 6.58. The summed E-state index contributed by atoms with van der Waals surface area (Å²) in [6, 6.07) is 18.5. The lowest BCUT2D eigenvalue weighted by atomic mass is 10.1. The first-order chi connectivity index (χ1) is 10.3. The highest BCUT2D eigenvalue weighted by Crippen LogP contribution is 2.26. The van der Waals surface area contributed by atoms with Gasteiger partial charge in [-0.25, -0.2) is 0 Å². The second kappa shape index (κ2) is 5.73. The van der Waals surface area contributed by atoms with Crippen molar-refractivity contribution in [2.75, 3.05) is 12.2 Å². The number of carbonyl (C=O) groups excluding carboxylic acids is 1. The lowest BCUT2D eigenvalue weighted by Crippen LogP contribution is -2.30. The number of aromatic nitrogens is 1. The van der Waals surface area contributed by atoms with Crippen molar-refractivity contribution < 1.29 is 9.63 Å². The van der Waals surface area contributed by atoms with Gasteiger partial charge in [0.05, 0.1) is 18.3 Å². The molecule has 0 aliphatic rings. The SMILES string of the molecule is CON(C(=O)c1ccccc1)c1cccc2cccnc12. The van der Waals surface area contributed by atoms with E-state index in [1.54, 1.807) is 18.3 Å². The molecule has 0 aliphatic heterocycles. The third kappa shape index (κ3) is 2.49. The predicted octanol–water partition coefficient (Wildman–Crippen LogP) is 3.44. The summed E-state index contributed by atoms with van der Waals surface area (Å²) in [5.74, 6) is -0.226. The summed E-state index contributed by atoms with van der Waals surface area (Å²) < 4.78 is 0. The molecule has 1 aromatic heterocycles. The largest absolute Gasteiger partial charge is 0.282 e. The number of hydroxylamine groups is 1. The van der Waals surface area contributed by atoms with E-state index in [0.717, 1.165) is 10.9 Å². The molecule has 0 spiro atoms. The van der Waals surface area contributed by atoms with Crippen LogP contribution in [0.25, 0.3) is 10.9 Å². The van der Waals surface area contributed by atoms with Gasteiger partial charge in [-0.1, -0.05) is 36.4 Å². The number of rotatable bonds is 3. The van der Waals surface area contributed by atoms with Gasteiger partial charge in [0, 0.05) is 17.1 Å². The van der Waals surface area contributed by atoms with Gasteiger partial charge in [-0.2, -0.15) is 5.06 Å². The molecule has 0 fully saturated rings. The summed E-state index contributed by atoms with van der Waals surface area (Å²) in [5.41, 5.74) is 1.92. The number of pyridine rings is 1. The fourth-order valence-electron chi connectivity index (χ4n) is 2.24. The maximum Gasteiger partial charge on any atom is 0.282 e. The predicted molar refractivity (Wildman–Crippen MR) is 82.0 cm³/mol. The third-order valence-electron chi connectivity index (χ3n) is 3.22. The lowest BCUT2D eigenvalue weighted by Gasteiger charge is -2.20. The Bertz CT molecular complexity index is 767. The Hall–Kier alpha value is -2.72. The van der Waals surface area contributed by atoms with Crippen LogP contribution in [-0.2, 0) is 4.84 Å². The summed E-state index contributed by atoms with van der Waals surface area (Å²) in [6.07, 6.45) is 1.70. The molecule has 104 valence electrons. The van der Waals surface area contributed by atoms with Crippen molar-refractivity contribution in [1.82, 2.24) is 4.98 Å². The molecular weight excluding hydrogens is 264 g/mol. The van der Waals surface area contributed by atoms with Crippen LogP contribution in [0.4, 0.5) is 5.69 Å². The zero-order chi connectivity index (χ0) is 14.7. The van der Waals surface area contributed by atoms with Gasteiger partial charge < -0.3 is 0 Å². The fourth-order valence-corrected chi connectivity index (χ4v) is 2.24. The van der Waals surface area contributed by atoms with E-state index >= 15 is 0 Å². The average Bonchev–Trinajstić information content (AvgIpc) is 2.56. The van der Waals surface area contributed by atoms with E-state index < -0.39 is 0 Å². The number of hydrogen-bond donors (Lipinski definition) is 0. The number of hydrogen-bond acceptors (Lipinski definition) is 3. The standard InChI is InChI=1S/C17H14N2O2/c1-21-19(17(20)14-7-3-2-4-8-14)15-11-5-9-13-10-6-12-18-16(13)15/h2-12H,1H3. The number of amides is 1. The van der Waals surface area contributed by atoms with Crippen molar-refractivity contribution >= 4 is 22.5 Å². The fraction of sp³-hybridized carbons (Fsp3) is 0.0588. The van der Waals surface area contributed by atoms with Crippen LogP contribution < -0.4 is 5.06 Å². The van der Waals surface area contributed by atoms with Crippen molar-refractivity contribution in [3.05, 3.63) is 72.4 Å². The van der Waals surface area contributed by atoms with E-state index in [9.17, 15) is 4.79 Å². The Labute approximate surface area is 122 Å². The number of benzene rings is 2. The Kier molecular flexibility index (Phi) is 3.62. The molecule has 0 radical (unpaired) electrons. The molecule has 0 unspecified atom stereocenters. The number of para-hydroxylation sites is 1. The van der Waals surface area contributed by atoms with Gasteiger partial charge in [-0.3, -0.25) is 14.6 Å². The average molecular weight is 278 g/mol. The Balaban J connectivity index is 2.09. The van der Waals surface area contributed by atoms with Gasteiger partial charge >= 0.3 is 0 Å². The summed E-state index contributed by atoms with van der Waals surface area (Å²) in [4.78, 5) is 22.2. The minimum absolute atomic E-state index is 0.226. The van der Waals surface area contributed by atoms with E-state index in [-0.39, 0.29) is 5.91 Å². The molecule has 4 heteroatoms. The molecule has 0 saturated carbocycles. The highest BCUT2D eigenvalue weighted by atomic mass is 16.7. The molecule has 4 nitrogen and oxygen atoms in total. The van der Waals surface area contributed by atoms with Crippen molar-refractivity contribution in [1.29, 1.82) is 0 Å². The van der Waals surface area contributed by atoms with E-state index in [1.807, 2.05) is 48.5 Å². The van der Waals surface area contributed by atoms with Crippen molar-refractivity contribution in [2.24, 2.45) is 0 Å². The molecule has 3 aromatic rings. The number of nitrogens with zero attached hydrogens (tertiary/aromatic N) is 2. The normalized spacial score (nSPS) is 10.5. The summed E-state index contributed by atoms with van der Waals surface area (Å²) >= 11 is 0. The molecule has 2 aromatic carbocycles. The number of anilines is 1. The molecule has 0 saturated heterocycles. The van der Waals surface area contributed by atoms with Gasteiger partial charge in [0.1, 0.15) is 0 Å². The van der Waals surface area contributed by atoms with Gasteiger partial charge in [-0.15, -0.1) is 0 Å². The van der Waals surface area contributed by atoms with Gasteiger partial charge in [-0.05, 0) is 24.3 Å². The van der Waals surface area contributed by atoms with Crippen LogP contribution in [0, 0.1) is 0 Å². The van der Waals surface area contributed by atoms with Gasteiger partial charge in [0.25, 0.3) is 5.91 Å². The van der Waals surface area contributed by atoms with Crippen LogP contribution in [0.5, 0.6) is 0 Å². The topological polar surface area (TPSA) is 42.4 Å². The summed E-state index contributed by atoms with van der Waals surface area (Å²) in [5, 5.41) is 2.22. The summed E-state index contributed by atoms with van der Waals surface area (Å²) in [6.45, 7) is 0. The quantitative estimate of drug-likeness (QED) is 0.689. The van der Waals surface area contributed by atoms with Crippen LogP contribution in [0.2, 0.25) is 0 Å². The van der Waals surface area contributed by atoms with Crippen molar-refractivity contribution in [2.45, 2.75) is 0 Å². The van der Waals surface area contributed by atoms with Gasteiger partial charge in [0.15, 0.2) is 0 Å². The molecule has 0 N–H and O–H groups in total. The summed E-state index contributed by atoms with van der Waals surface area (Å²) in [7, 11) is 1.47. The van der Waals surface area contributed by atoms with Crippen LogP contribution >= 0.6 is 0 Å². The van der Waals surface area contributed by atoms with E-state index in [4.69, 9.17) is 4.84 Å². The third-order valence-corrected chi connectivity index (χ3v) is 3.22. The van der Waals surface area contributed by atoms with Crippen LogP contribution in [0.1, 0.15) is 10.4 Å². The highest BCUT2D eigenvalue weighted by Gasteiger charge is 2.20. The molecular formula is C17H14N2O2. The monoisotopic (exact) mass is 278 g/mol. The smallest absolute Gasteiger partial charge is 0.269 e. The first kappa shape index (κ1) is 13.3. The first-order valence-corrected chi connectivity index (χ1v) is 6.58. The molecule has 21 heavy (non-hydrogen) atoms. The van der Waals surface area contributed by atoms with Gasteiger partial charge in [0.2, 0.25) is 0 Å². The maximum atomic E-state index is 12.6. The molecule has 3 rings (SSSR count). The Morgan fingerprint density at radius 2 is 1.76 bits per heavy atom. The van der Waals surface area contributed by atoms with E-state index in [1.165, 1.54) is 12.2 Å². The van der Waals surface area contributed by atoms with Crippen molar-refractivity contribution in [3.63, 3.8) is 0 Å². The minimum Gasteiger partial charge on any atom is -0.269 e. The number of fused-ring (bicyclic) bond motifs is 1. The second-order valence-electron chi connectivity index (χ2n) is 4.50. The molecule has 0 aliphatic carbocycles. The minimum atomic E-state index is -0.226. The zero-order valence-corrected chi connectivity index (χ0v) is 11.6. The van der Waals surface area contributed by atoms with Crippen LogP contribution in [0.3, 0.4) is 0 Å². The maximum absolute atomic E-state index is 12.6. The Morgan fingerprint density at radius 1 is 1.00 bits per heavy atom. The van der Waals surface area contributed by atoms with Crippen LogP contribution in [-0.4, -0.2) is 18.0 Å². The highest BCUT2D eigenvalue weighted by molar-refractivity contribution is 6.08. The second-order valence-corrected chi connectivity index (χ2v) is 4.50. The van der Waals surface area contributed by atoms with E-state index in [2.05, 4.69) is 4.98 Å². The zero-order valence-electron chi connectivity index (χ0n) is 11.6. The van der Waals surface area contributed by atoms with Crippen molar-refractivity contribution in [3.8, 4) is 0 Å². The van der Waals surface area contributed by atoms with Crippen LogP contribution in [0.15, 0.2) is 66.9 Å².